The van der Waals surface area contributed by atoms with Crippen LogP contribution in [0.5, 0.6) is 0 Å². The molecule has 0 saturated carbocycles. The number of hydrogen-bond acceptors (Lipinski definition) is 2. The summed E-state index contributed by atoms with van der Waals surface area (Å²) in [6, 6.07) is 3.84. The summed E-state index contributed by atoms with van der Waals surface area (Å²) in [5.41, 5.74) is 5.94. The summed E-state index contributed by atoms with van der Waals surface area (Å²) < 4.78 is 6.12. The van der Waals surface area contributed by atoms with Gasteiger partial charge in [-0.1, -0.05) is 13.8 Å². The van der Waals surface area contributed by atoms with Crippen LogP contribution in [-0.4, -0.2) is 0 Å². The summed E-state index contributed by atoms with van der Waals surface area (Å²) in [7, 11) is 0. The third-order valence-corrected chi connectivity index (χ3v) is 2.44. The molecule has 0 unspecified atom stereocenters. The van der Waals surface area contributed by atoms with Crippen molar-refractivity contribution < 1.29 is 4.42 Å². The molecule has 1 heterocycles. The molecule has 1 atom stereocenters. The van der Waals surface area contributed by atoms with E-state index in [4.69, 9.17) is 10.2 Å². The lowest BCUT2D eigenvalue weighted by Gasteiger charge is -2.09. The predicted octanol–water partition coefficient (Wildman–Crippen LogP) is 3.90. The molecule has 2 N–H and O–H groups in total. The van der Waals surface area contributed by atoms with Crippen LogP contribution in [0.15, 0.2) is 21.2 Å². The largest absolute Gasteiger partial charge is 0.453 e. The zero-order valence-electron chi connectivity index (χ0n) is 8.50. The van der Waals surface area contributed by atoms with E-state index in [-0.39, 0.29) is 18.4 Å². The zero-order valence-corrected chi connectivity index (χ0v) is 10.9. The highest BCUT2D eigenvalue weighted by Crippen LogP contribution is 2.23. The second-order valence-electron chi connectivity index (χ2n) is 3.72. The van der Waals surface area contributed by atoms with Gasteiger partial charge in [0.2, 0.25) is 0 Å². The summed E-state index contributed by atoms with van der Waals surface area (Å²) in [6.07, 6.45) is 2.12. The molecule has 0 radical (unpaired) electrons. The van der Waals surface area contributed by atoms with Crippen LogP contribution >= 0.6 is 28.3 Å². The van der Waals surface area contributed by atoms with Crippen molar-refractivity contribution in [3.05, 3.63) is 22.6 Å². The second kappa shape index (κ2) is 6.49. The summed E-state index contributed by atoms with van der Waals surface area (Å²) >= 11 is 3.26. The minimum atomic E-state index is 0. The highest BCUT2D eigenvalue weighted by atomic mass is 79.9. The molecule has 14 heavy (non-hydrogen) atoms. The van der Waals surface area contributed by atoms with E-state index in [9.17, 15) is 0 Å². The molecule has 1 aromatic heterocycles. The molecule has 0 amide bonds. The Hall–Kier alpha value is 0.01000. The molecule has 0 fully saturated rings. The van der Waals surface area contributed by atoms with Crippen molar-refractivity contribution in [2.75, 3.05) is 0 Å². The van der Waals surface area contributed by atoms with Crippen molar-refractivity contribution in [2.45, 2.75) is 32.7 Å². The Balaban J connectivity index is 0.00000169. The van der Waals surface area contributed by atoms with Gasteiger partial charge in [-0.3, -0.25) is 0 Å². The van der Waals surface area contributed by atoms with E-state index in [2.05, 4.69) is 29.8 Å². The Morgan fingerprint density at radius 3 is 2.43 bits per heavy atom. The molecule has 0 aliphatic carbocycles. The van der Waals surface area contributed by atoms with Crippen LogP contribution in [-0.2, 0) is 0 Å². The molecule has 0 aliphatic rings. The molecule has 0 saturated heterocycles. The molecule has 82 valence electrons. The van der Waals surface area contributed by atoms with Gasteiger partial charge in [-0.15, -0.1) is 12.4 Å². The molecular weight excluding hydrogens is 265 g/mol. The lowest BCUT2D eigenvalue weighted by atomic mass is 10.0. The monoisotopic (exact) mass is 281 g/mol. The highest BCUT2D eigenvalue weighted by Gasteiger charge is 2.10. The fourth-order valence-corrected chi connectivity index (χ4v) is 1.50. The Labute approximate surface area is 99.8 Å². The van der Waals surface area contributed by atoms with E-state index in [1.807, 2.05) is 12.1 Å². The number of nitrogens with two attached hydrogens (primary N) is 1. The number of rotatable bonds is 4. The van der Waals surface area contributed by atoms with Gasteiger partial charge in [-0.05, 0) is 46.8 Å². The molecule has 1 rings (SSSR count). The van der Waals surface area contributed by atoms with Crippen molar-refractivity contribution in [2.24, 2.45) is 11.7 Å². The summed E-state index contributed by atoms with van der Waals surface area (Å²) in [6.45, 7) is 4.40. The van der Waals surface area contributed by atoms with Gasteiger partial charge in [0.15, 0.2) is 4.67 Å². The van der Waals surface area contributed by atoms with Crippen molar-refractivity contribution in [1.82, 2.24) is 0 Å². The van der Waals surface area contributed by atoms with E-state index in [1.54, 1.807) is 0 Å². The average Bonchev–Trinajstić information content (AvgIpc) is 2.47. The van der Waals surface area contributed by atoms with Gasteiger partial charge in [0.25, 0.3) is 0 Å². The number of halogens is 2. The highest BCUT2D eigenvalue weighted by molar-refractivity contribution is 9.10. The van der Waals surface area contributed by atoms with E-state index in [1.165, 1.54) is 0 Å². The third-order valence-electron chi connectivity index (χ3n) is 2.01. The maximum Gasteiger partial charge on any atom is 0.169 e. The minimum Gasteiger partial charge on any atom is -0.453 e. The van der Waals surface area contributed by atoms with Gasteiger partial charge >= 0.3 is 0 Å². The third kappa shape index (κ3) is 4.49. The number of furan rings is 1. The molecule has 2 nitrogen and oxygen atoms in total. The normalized spacial score (nSPS) is 12.6. The molecule has 0 spiro atoms. The minimum absolute atomic E-state index is 0. The smallest absolute Gasteiger partial charge is 0.169 e. The van der Waals surface area contributed by atoms with Crippen LogP contribution < -0.4 is 5.73 Å². The summed E-state index contributed by atoms with van der Waals surface area (Å²) in [5.74, 6) is 1.57. The molecule has 0 aliphatic heterocycles. The van der Waals surface area contributed by atoms with Crippen molar-refractivity contribution in [1.29, 1.82) is 0 Å². The Bertz CT molecular complexity index is 262. The van der Waals surface area contributed by atoms with E-state index in [0.717, 1.165) is 23.3 Å². The van der Waals surface area contributed by atoms with E-state index in [0.29, 0.717) is 5.92 Å². The van der Waals surface area contributed by atoms with Crippen LogP contribution in [0.4, 0.5) is 0 Å². The first-order valence-electron chi connectivity index (χ1n) is 4.60. The van der Waals surface area contributed by atoms with Gasteiger partial charge in [0, 0.05) is 0 Å². The fourth-order valence-electron chi connectivity index (χ4n) is 1.18. The van der Waals surface area contributed by atoms with Crippen LogP contribution in [0.2, 0.25) is 0 Å². The Morgan fingerprint density at radius 2 is 2.00 bits per heavy atom. The van der Waals surface area contributed by atoms with Crippen LogP contribution in [0, 0.1) is 5.92 Å². The first-order valence-corrected chi connectivity index (χ1v) is 5.39. The van der Waals surface area contributed by atoms with Gasteiger partial charge in [-0.2, -0.15) is 0 Å². The van der Waals surface area contributed by atoms with Gasteiger partial charge in [0.05, 0.1) is 6.04 Å². The molecule has 0 bridgehead atoms. The van der Waals surface area contributed by atoms with Gasteiger partial charge in [-0.25, -0.2) is 0 Å². The summed E-state index contributed by atoms with van der Waals surface area (Å²) in [4.78, 5) is 0. The maximum absolute atomic E-state index is 5.94. The number of hydrogen-bond donors (Lipinski definition) is 1. The Morgan fingerprint density at radius 1 is 1.36 bits per heavy atom. The lowest BCUT2D eigenvalue weighted by molar-refractivity contribution is 0.414. The Kier molecular flexibility index (Phi) is 6.49. The standard InChI is InChI=1S/C10H16BrNO.ClH/c1-7(2)3-4-8(12)9-5-6-10(11)13-9;/h5-8H,3-4,12H2,1-2H3;1H/t8-;/m0./s1. The SMILES string of the molecule is CC(C)CC[C@H](N)c1ccc(Br)o1.Cl. The van der Waals surface area contributed by atoms with E-state index >= 15 is 0 Å². The second-order valence-corrected chi connectivity index (χ2v) is 4.50. The van der Waals surface area contributed by atoms with Crippen molar-refractivity contribution in [3.8, 4) is 0 Å². The first-order chi connectivity index (χ1) is 6.09. The van der Waals surface area contributed by atoms with Crippen molar-refractivity contribution >= 4 is 28.3 Å². The van der Waals surface area contributed by atoms with Gasteiger partial charge in [0.1, 0.15) is 5.76 Å². The molecule has 4 heteroatoms. The fraction of sp³-hybridized carbons (Fsp3) is 0.600. The lowest BCUT2D eigenvalue weighted by Crippen LogP contribution is -2.10. The molecule has 0 aromatic carbocycles. The summed E-state index contributed by atoms with van der Waals surface area (Å²) in [5, 5.41) is 0. The average molecular weight is 283 g/mol. The zero-order chi connectivity index (χ0) is 9.84. The maximum atomic E-state index is 5.94. The van der Waals surface area contributed by atoms with Crippen LogP contribution in [0.3, 0.4) is 0 Å². The van der Waals surface area contributed by atoms with E-state index < -0.39 is 0 Å². The predicted molar refractivity (Wildman–Crippen MR) is 64.7 cm³/mol. The molecular formula is C10H17BrClNO. The van der Waals surface area contributed by atoms with Crippen LogP contribution in [0.25, 0.3) is 0 Å². The molecule has 1 aromatic rings. The first kappa shape index (κ1) is 14.0. The van der Waals surface area contributed by atoms with Crippen LogP contribution in [0.1, 0.15) is 38.5 Å². The van der Waals surface area contributed by atoms with Gasteiger partial charge < -0.3 is 10.2 Å². The topological polar surface area (TPSA) is 39.2 Å². The quantitative estimate of drug-likeness (QED) is 0.909. The van der Waals surface area contributed by atoms with Crippen molar-refractivity contribution in [3.63, 3.8) is 0 Å².